The summed E-state index contributed by atoms with van der Waals surface area (Å²) in [6, 6.07) is 12.6. The lowest BCUT2D eigenvalue weighted by molar-refractivity contribution is 0.0724. The van der Waals surface area contributed by atoms with Crippen molar-refractivity contribution in [1.29, 1.82) is 0 Å². The predicted octanol–water partition coefficient (Wildman–Crippen LogP) is 4.60. The van der Waals surface area contributed by atoms with E-state index in [0.717, 1.165) is 49.4 Å². The molecule has 2 heterocycles. The van der Waals surface area contributed by atoms with Gasteiger partial charge in [0.1, 0.15) is 0 Å². The Bertz CT molecular complexity index is 828. The van der Waals surface area contributed by atoms with Crippen LogP contribution in [0.3, 0.4) is 0 Å². The highest BCUT2D eigenvalue weighted by Gasteiger charge is 2.17. The van der Waals surface area contributed by atoms with E-state index in [1.807, 2.05) is 40.5 Å². The number of nitrogens with one attached hydrogen (secondary N) is 2. The summed E-state index contributed by atoms with van der Waals surface area (Å²) in [6.07, 6.45) is 4.44. The number of piperidine rings is 1. The molecule has 1 aromatic carbocycles. The lowest BCUT2D eigenvalue weighted by Crippen LogP contribution is -2.42. The van der Waals surface area contributed by atoms with Crippen LogP contribution in [-0.2, 0) is 13.0 Å². The van der Waals surface area contributed by atoms with Crippen LogP contribution in [-0.4, -0.2) is 42.9 Å². The van der Waals surface area contributed by atoms with E-state index >= 15 is 0 Å². The molecule has 1 amide bonds. The molecule has 1 aliphatic rings. The number of aliphatic imine (C=N–C) groups is 1. The minimum absolute atomic E-state index is 0. The smallest absolute Gasteiger partial charge is 0.253 e. The van der Waals surface area contributed by atoms with Gasteiger partial charge in [-0.2, -0.15) is 0 Å². The highest BCUT2D eigenvalue weighted by atomic mass is 127. The first-order valence-electron chi connectivity index (χ1n) is 10.5. The topological polar surface area (TPSA) is 56.7 Å². The number of rotatable bonds is 6. The van der Waals surface area contributed by atoms with Gasteiger partial charge in [-0.1, -0.05) is 12.1 Å². The molecule has 1 unspecified atom stereocenters. The van der Waals surface area contributed by atoms with Crippen molar-refractivity contribution in [3.05, 3.63) is 57.3 Å². The largest absolute Gasteiger partial charge is 0.354 e. The number of aryl methyl sites for hydroxylation is 1. The van der Waals surface area contributed by atoms with E-state index in [-0.39, 0.29) is 29.9 Å². The second-order valence-electron chi connectivity index (χ2n) is 7.74. The van der Waals surface area contributed by atoms with Crippen LogP contribution in [0.5, 0.6) is 0 Å². The Balaban J connectivity index is 0.00000320. The number of amides is 1. The molecule has 0 spiro atoms. The van der Waals surface area contributed by atoms with Gasteiger partial charge in [-0.3, -0.25) is 9.79 Å². The normalized spacial score (nSPS) is 15.3. The van der Waals surface area contributed by atoms with Gasteiger partial charge in [-0.25, -0.2) is 0 Å². The molecule has 1 aliphatic heterocycles. The quantitative estimate of drug-likeness (QED) is 0.320. The number of hydrogen-bond acceptors (Lipinski definition) is 3. The molecule has 0 radical (unpaired) electrons. The molecule has 0 aliphatic carbocycles. The van der Waals surface area contributed by atoms with E-state index in [4.69, 9.17) is 0 Å². The van der Waals surface area contributed by atoms with Gasteiger partial charge >= 0.3 is 0 Å². The van der Waals surface area contributed by atoms with Crippen molar-refractivity contribution < 1.29 is 4.79 Å². The molecule has 3 rings (SSSR count). The van der Waals surface area contributed by atoms with E-state index < -0.39 is 0 Å². The molecule has 1 aromatic heterocycles. The molecule has 0 bridgehead atoms. The van der Waals surface area contributed by atoms with Crippen LogP contribution in [0.2, 0.25) is 0 Å². The molecular formula is C23H33IN4OS. The maximum Gasteiger partial charge on any atom is 0.253 e. The minimum Gasteiger partial charge on any atom is -0.354 e. The fourth-order valence-corrected chi connectivity index (χ4v) is 4.63. The maximum atomic E-state index is 12.6. The Morgan fingerprint density at radius 2 is 1.83 bits per heavy atom. The fourth-order valence-electron chi connectivity index (χ4n) is 3.61. The molecule has 5 nitrogen and oxygen atoms in total. The number of likely N-dealkylation sites (tertiary alicyclic amines) is 1. The molecule has 30 heavy (non-hydrogen) atoms. The maximum absolute atomic E-state index is 12.6. The third-order valence-electron chi connectivity index (χ3n) is 5.21. The molecule has 1 atom stereocenters. The molecule has 0 saturated carbocycles. The molecule has 1 fully saturated rings. The van der Waals surface area contributed by atoms with Gasteiger partial charge in [0, 0.05) is 54.5 Å². The molecule has 1 saturated heterocycles. The van der Waals surface area contributed by atoms with Crippen molar-refractivity contribution in [2.75, 3.05) is 20.1 Å². The Morgan fingerprint density at radius 1 is 1.13 bits per heavy atom. The van der Waals surface area contributed by atoms with Crippen LogP contribution >= 0.6 is 35.3 Å². The lowest BCUT2D eigenvalue weighted by atomic mass is 10.1. The zero-order valence-electron chi connectivity index (χ0n) is 18.1. The Labute approximate surface area is 201 Å². The number of guanidine groups is 1. The number of halogens is 1. The average Bonchev–Trinajstić information content (AvgIpc) is 3.16. The van der Waals surface area contributed by atoms with Crippen LogP contribution in [0, 0.1) is 6.92 Å². The zero-order chi connectivity index (χ0) is 20.6. The molecular weight excluding hydrogens is 507 g/mol. The summed E-state index contributed by atoms with van der Waals surface area (Å²) in [6.45, 7) is 6.74. The second-order valence-corrected chi connectivity index (χ2v) is 9.11. The van der Waals surface area contributed by atoms with Crippen LogP contribution < -0.4 is 10.6 Å². The van der Waals surface area contributed by atoms with Crippen LogP contribution in [0.25, 0.3) is 0 Å². The highest BCUT2D eigenvalue weighted by Crippen LogP contribution is 2.17. The summed E-state index contributed by atoms with van der Waals surface area (Å²) < 4.78 is 0. The van der Waals surface area contributed by atoms with Gasteiger partial charge in [-0.05, 0) is 62.9 Å². The third kappa shape index (κ3) is 7.27. The van der Waals surface area contributed by atoms with E-state index in [0.29, 0.717) is 12.6 Å². The second kappa shape index (κ2) is 12.3. The first-order chi connectivity index (χ1) is 14.0. The molecule has 2 N–H and O–H groups in total. The number of hydrogen-bond donors (Lipinski definition) is 2. The van der Waals surface area contributed by atoms with Crippen LogP contribution in [0.15, 0.2) is 41.4 Å². The van der Waals surface area contributed by atoms with Crippen molar-refractivity contribution >= 4 is 47.2 Å². The first kappa shape index (κ1) is 24.7. The van der Waals surface area contributed by atoms with Gasteiger partial charge in [-0.15, -0.1) is 35.3 Å². The van der Waals surface area contributed by atoms with E-state index in [1.165, 1.54) is 16.2 Å². The van der Waals surface area contributed by atoms with Gasteiger partial charge in [0.15, 0.2) is 5.96 Å². The van der Waals surface area contributed by atoms with Crippen LogP contribution in [0.1, 0.15) is 51.9 Å². The Hall–Kier alpha value is -1.61. The highest BCUT2D eigenvalue weighted by molar-refractivity contribution is 14.0. The van der Waals surface area contributed by atoms with Crippen LogP contribution in [0.4, 0.5) is 0 Å². The molecule has 7 heteroatoms. The fraction of sp³-hybridized carbons (Fsp3) is 0.478. The lowest BCUT2D eigenvalue weighted by Gasteiger charge is -2.26. The van der Waals surface area contributed by atoms with Crippen molar-refractivity contribution in [3.63, 3.8) is 0 Å². The van der Waals surface area contributed by atoms with E-state index in [9.17, 15) is 4.79 Å². The third-order valence-corrected chi connectivity index (χ3v) is 6.24. The van der Waals surface area contributed by atoms with Crippen molar-refractivity contribution in [2.45, 2.75) is 52.1 Å². The van der Waals surface area contributed by atoms with Gasteiger partial charge < -0.3 is 15.5 Å². The number of nitrogens with zero attached hydrogens (tertiary/aromatic N) is 2. The van der Waals surface area contributed by atoms with Gasteiger partial charge in [0.25, 0.3) is 5.91 Å². The van der Waals surface area contributed by atoms with Gasteiger partial charge in [0.05, 0.1) is 0 Å². The molecule has 164 valence electrons. The van der Waals surface area contributed by atoms with Crippen molar-refractivity contribution in [2.24, 2.45) is 4.99 Å². The predicted molar refractivity (Wildman–Crippen MR) is 137 cm³/mol. The number of benzene rings is 1. The van der Waals surface area contributed by atoms with Crippen molar-refractivity contribution in [3.8, 4) is 0 Å². The first-order valence-corrected chi connectivity index (χ1v) is 11.3. The summed E-state index contributed by atoms with van der Waals surface area (Å²) in [5.41, 5.74) is 1.91. The van der Waals surface area contributed by atoms with E-state index in [1.54, 1.807) is 7.05 Å². The number of carbonyl (C=O) groups excluding carboxylic acids is 1. The Kier molecular flexibility index (Phi) is 10.1. The summed E-state index contributed by atoms with van der Waals surface area (Å²) >= 11 is 1.84. The van der Waals surface area contributed by atoms with Crippen molar-refractivity contribution in [1.82, 2.24) is 15.5 Å². The summed E-state index contributed by atoms with van der Waals surface area (Å²) in [5, 5.41) is 6.82. The monoisotopic (exact) mass is 540 g/mol. The van der Waals surface area contributed by atoms with E-state index in [2.05, 4.69) is 41.6 Å². The summed E-state index contributed by atoms with van der Waals surface area (Å²) in [5.74, 6) is 0.943. The van der Waals surface area contributed by atoms with Gasteiger partial charge in [0.2, 0.25) is 0 Å². The SMILES string of the molecule is CN=C(NCc1ccc(C(=O)N2CCCCC2)cc1)NC(C)Cc1ccc(C)s1.I. The standard InChI is InChI=1S/C23H32N4OS.HI/c1-17(15-21-12-7-18(2)29-21)26-23(24-3)25-16-19-8-10-20(11-9-19)22(28)27-13-5-4-6-14-27;/h7-12,17H,4-6,13-16H2,1-3H3,(H2,24,25,26);1H. The summed E-state index contributed by atoms with van der Waals surface area (Å²) in [7, 11) is 1.79. The molecule has 2 aromatic rings. The average molecular weight is 541 g/mol. The zero-order valence-corrected chi connectivity index (χ0v) is 21.3. The number of carbonyl (C=O) groups is 1. The summed E-state index contributed by atoms with van der Waals surface area (Å²) in [4.78, 5) is 21.6. The minimum atomic E-state index is 0. The number of thiophene rings is 1. The Morgan fingerprint density at radius 3 is 2.43 bits per heavy atom.